The first kappa shape index (κ1) is 20.4. The van der Waals surface area contributed by atoms with Crippen molar-refractivity contribution in [2.75, 3.05) is 20.6 Å². The van der Waals surface area contributed by atoms with E-state index in [1.807, 2.05) is 37.0 Å². The fourth-order valence-corrected chi connectivity index (χ4v) is 2.35. The molecule has 132 valence electrons. The third kappa shape index (κ3) is 5.47. The lowest BCUT2D eigenvalue weighted by atomic mass is 10.3. The number of rotatable bonds is 6. The average Bonchev–Trinajstić information content (AvgIpc) is 3.00. The smallest absolute Gasteiger partial charge is 0.193 e. The Morgan fingerprint density at radius 1 is 1.33 bits per heavy atom. The van der Waals surface area contributed by atoms with Gasteiger partial charge in [-0.05, 0) is 25.0 Å². The van der Waals surface area contributed by atoms with E-state index in [0.29, 0.717) is 6.54 Å². The van der Waals surface area contributed by atoms with Gasteiger partial charge in [0.25, 0.3) is 0 Å². The van der Waals surface area contributed by atoms with Gasteiger partial charge in [0.15, 0.2) is 5.96 Å². The average molecular weight is 442 g/mol. The van der Waals surface area contributed by atoms with Crippen molar-refractivity contribution in [1.82, 2.24) is 24.8 Å². The number of nitrogens with one attached hydrogen (secondary N) is 1. The Labute approximate surface area is 161 Å². The van der Waals surface area contributed by atoms with Crippen LogP contribution in [0.15, 0.2) is 35.7 Å². The first-order valence-electron chi connectivity index (χ1n) is 8.02. The number of aliphatic imine (C=N–C) groups is 1. The molecule has 0 aliphatic carbocycles. The van der Waals surface area contributed by atoms with Crippen LogP contribution in [-0.4, -0.2) is 46.0 Å². The van der Waals surface area contributed by atoms with E-state index in [1.165, 1.54) is 6.42 Å². The lowest BCUT2D eigenvalue weighted by molar-refractivity contribution is 0.464. The molecule has 0 saturated carbocycles. The molecule has 0 unspecified atom stereocenters. The fourth-order valence-electron chi connectivity index (χ4n) is 2.35. The lowest BCUT2D eigenvalue weighted by Crippen LogP contribution is -2.38. The molecule has 2 aromatic rings. The molecule has 0 atom stereocenters. The van der Waals surface area contributed by atoms with Crippen LogP contribution in [0, 0.1) is 6.92 Å². The maximum atomic E-state index is 4.51. The molecular formula is C17H27IN6. The van der Waals surface area contributed by atoms with E-state index in [2.05, 4.69) is 45.2 Å². The summed E-state index contributed by atoms with van der Waals surface area (Å²) in [5.41, 5.74) is 1.12. The number of hydrogen-bond acceptors (Lipinski definition) is 3. The van der Waals surface area contributed by atoms with Gasteiger partial charge in [-0.2, -0.15) is 0 Å². The maximum Gasteiger partial charge on any atom is 0.193 e. The van der Waals surface area contributed by atoms with E-state index >= 15 is 0 Å². The number of unbranched alkanes of at least 4 members (excludes halogenated alkanes) is 1. The van der Waals surface area contributed by atoms with Crippen LogP contribution in [0.5, 0.6) is 0 Å². The van der Waals surface area contributed by atoms with Gasteiger partial charge in [-0.3, -0.25) is 9.56 Å². The fraction of sp³-hybridized carbons (Fsp3) is 0.471. The molecule has 0 aromatic carbocycles. The quantitative estimate of drug-likeness (QED) is 0.425. The Hall–Kier alpha value is -1.64. The Morgan fingerprint density at radius 2 is 2.12 bits per heavy atom. The van der Waals surface area contributed by atoms with Crippen molar-refractivity contribution in [2.45, 2.75) is 33.2 Å². The van der Waals surface area contributed by atoms with Crippen molar-refractivity contribution >= 4 is 29.9 Å². The van der Waals surface area contributed by atoms with E-state index in [4.69, 9.17) is 0 Å². The molecule has 1 N–H and O–H groups in total. The maximum absolute atomic E-state index is 4.51. The summed E-state index contributed by atoms with van der Waals surface area (Å²) in [5, 5.41) is 3.38. The van der Waals surface area contributed by atoms with Gasteiger partial charge in [0.05, 0.1) is 0 Å². The second kappa shape index (κ2) is 10.3. The summed E-state index contributed by atoms with van der Waals surface area (Å²) in [7, 11) is 3.88. The third-order valence-electron chi connectivity index (χ3n) is 3.75. The second-order valence-corrected chi connectivity index (χ2v) is 5.54. The van der Waals surface area contributed by atoms with Crippen molar-refractivity contribution in [1.29, 1.82) is 0 Å². The summed E-state index contributed by atoms with van der Waals surface area (Å²) < 4.78 is 1.97. The predicted octanol–water partition coefficient (Wildman–Crippen LogP) is 3.00. The number of aryl methyl sites for hydroxylation is 1. The molecule has 0 saturated heterocycles. The standard InChI is InChI=1S/C17H26N6.HI/c1-5-6-10-22(4)17(18-3)21-13-15-7-8-16(20-12-15)23-11-9-19-14(23)2;/h7-9,11-12H,5-6,10,13H2,1-4H3,(H,18,21);1H. The van der Waals surface area contributed by atoms with Crippen LogP contribution in [0.3, 0.4) is 0 Å². The van der Waals surface area contributed by atoms with E-state index < -0.39 is 0 Å². The van der Waals surface area contributed by atoms with Gasteiger partial charge >= 0.3 is 0 Å². The van der Waals surface area contributed by atoms with E-state index in [1.54, 1.807) is 6.20 Å². The molecule has 0 aliphatic heterocycles. The van der Waals surface area contributed by atoms with Crippen LogP contribution in [0.1, 0.15) is 31.2 Å². The number of imidazole rings is 1. The summed E-state index contributed by atoms with van der Waals surface area (Å²) >= 11 is 0. The molecule has 2 heterocycles. The second-order valence-electron chi connectivity index (χ2n) is 5.54. The summed E-state index contributed by atoms with van der Waals surface area (Å²) in [5.74, 6) is 2.72. The summed E-state index contributed by atoms with van der Waals surface area (Å²) in [6.07, 6.45) is 7.93. The Balaban J connectivity index is 0.00000288. The predicted molar refractivity (Wildman–Crippen MR) is 109 cm³/mol. The molecule has 0 aliphatic rings. The van der Waals surface area contributed by atoms with Crippen LogP contribution in [0.2, 0.25) is 0 Å². The molecular weight excluding hydrogens is 415 g/mol. The summed E-state index contributed by atoms with van der Waals surface area (Å²) in [4.78, 5) is 15.2. The van der Waals surface area contributed by atoms with E-state index in [9.17, 15) is 0 Å². The first-order chi connectivity index (χ1) is 11.2. The van der Waals surface area contributed by atoms with Crippen molar-refractivity contribution in [2.24, 2.45) is 4.99 Å². The SMILES string of the molecule is CCCCN(C)C(=NC)NCc1ccc(-n2ccnc2C)nc1.I. The van der Waals surface area contributed by atoms with E-state index in [0.717, 1.165) is 36.1 Å². The van der Waals surface area contributed by atoms with Gasteiger partial charge < -0.3 is 10.2 Å². The number of nitrogens with zero attached hydrogens (tertiary/aromatic N) is 5. The molecule has 24 heavy (non-hydrogen) atoms. The topological polar surface area (TPSA) is 58.3 Å². The van der Waals surface area contributed by atoms with Gasteiger partial charge in [0.1, 0.15) is 11.6 Å². The molecule has 0 spiro atoms. The highest BCUT2D eigenvalue weighted by atomic mass is 127. The summed E-state index contributed by atoms with van der Waals surface area (Å²) in [6.45, 7) is 5.87. The summed E-state index contributed by atoms with van der Waals surface area (Å²) in [6, 6.07) is 4.09. The molecule has 0 radical (unpaired) electrons. The Morgan fingerprint density at radius 3 is 2.67 bits per heavy atom. The van der Waals surface area contributed by atoms with Gasteiger partial charge in [-0.15, -0.1) is 24.0 Å². The van der Waals surface area contributed by atoms with Gasteiger partial charge in [0.2, 0.25) is 0 Å². The molecule has 0 fully saturated rings. The number of pyridine rings is 1. The highest BCUT2D eigenvalue weighted by Crippen LogP contribution is 2.08. The zero-order chi connectivity index (χ0) is 16.7. The number of aromatic nitrogens is 3. The van der Waals surface area contributed by atoms with Crippen LogP contribution >= 0.6 is 24.0 Å². The van der Waals surface area contributed by atoms with Crippen LogP contribution < -0.4 is 5.32 Å². The minimum atomic E-state index is 0. The monoisotopic (exact) mass is 442 g/mol. The van der Waals surface area contributed by atoms with Crippen LogP contribution in [0.25, 0.3) is 5.82 Å². The Kier molecular flexibility index (Phi) is 8.73. The lowest BCUT2D eigenvalue weighted by Gasteiger charge is -2.21. The number of halogens is 1. The molecule has 0 amide bonds. The van der Waals surface area contributed by atoms with Crippen molar-refractivity contribution in [3.05, 3.63) is 42.1 Å². The first-order valence-corrected chi connectivity index (χ1v) is 8.02. The van der Waals surface area contributed by atoms with Crippen molar-refractivity contribution in [3.63, 3.8) is 0 Å². The normalized spacial score (nSPS) is 11.1. The van der Waals surface area contributed by atoms with Gasteiger partial charge in [-0.25, -0.2) is 9.97 Å². The van der Waals surface area contributed by atoms with Crippen molar-refractivity contribution in [3.8, 4) is 5.82 Å². The molecule has 6 nitrogen and oxygen atoms in total. The molecule has 2 rings (SSSR count). The largest absolute Gasteiger partial charge is 0.352 e. The van der Waals surface area contributed by atoms with Crippen LogP contribution in [0.4, 0.5) is 0 Å². The molecule has 0 bridgehead atoms. The highest BCUT2D eigenvalue weighted by Gasteiger charge is 2.06. The zero-order valence-corrected chi connectivity index (χ0v) is 17.2. The highest BCUT2D eigenvalue weighted by molar-refractivity contribution is 14.0. The number of hydrogen-bond donors (Lipinski definition) is 1. The molecule has 7 heteroatoms. The van der Waals surface area contributed by atoms with Gasteiger partial charge in [0, 0.05) is 45.8 Å². The zero-order valence-electron chi connectivity index (χ0n) is 14.9. The Bertz CT molecular complexity index is 635. The number of guanidine groups is 1. The van der Waals surface area contributed by atoms with Crippen molar-refractivity contribution < 1.29 is 0 Å². The third-order valence-corrected chi connectivity index (χ3v) is 3.75. The molecule has 2 aromatic heterocycles. The minimum absolute atomic E-state index is 0. The van der Waals surface area contributed by atoms with Gasteiger partial charge in [-0.1, -0.05) is 19.4 Å². The van der Waals surface area contributed by atoms with E-state index in [-0.39, 0.29) is 24.0 Å². The minimum Gasteiger partial charge on any atom is -0.352 e. The van der Waals surface area contributed by atoms with Crippen LogP contribution in [-0.2, 0) is 6.54 Å².